The summed E-state index contributed by atoms with van der Waals surface area (Å²) < 4.78 is 1.64. The van der Waals surface area contributed by atoms with E-state index >= 15 is 0 Å². The van der Waals surface area contributed by atoms with Gasteiger partial charge in [0.05, 0.1) is 8.07 Å². The van der Waals surface area contributed by atoms with E-state index in [4.69, 9.17) is 0 Å². The molecule has 1 saturated heterocycles. The Morgan fingerprint density at radius 3 is 2.33 bits per heavy atom. The molecule has 1 aromatic heterocycles. The summed E-state index contributed by atoms with van der Waals surface area (Å²) >= 11 is 2.05. The van der Waals surface area contributed by atoms with Crippen LogP contribution in [0.4, 0.5) is 0 Å². The highest BCUT2D eigenvalue weighted by Crippen LogP contribution is 2.36. The molecule has 0 bridgehead atoms. The minimum atomic E-state index is -1.12. The van der Waals surface area contributed by atoms with Crippen LogP contribution in [0.5, 0.6) is 0 Å². The van der Waals surface area contributed by atoms with Crippen molar-refractivity contribution in [1.82, 2.24) is 5.32 Å². The molecule has 0 spiro atoms. The SMILES string of the molecule is CC1(C)CN[C@](C)(Cc2ccc([Si](C)(C)C)s2)C1. The van der Waals surface area contributed by atoms with Crippen LogP contribution >= 0.6 is 11.3 Å². The topological polar surface area (TPSA) is 12.0 Å². The Bertz CT molecular complexity index is 430. The Labute approximate surface area is 117 Å². The molecule has 1 nitrogen and oxygen atoms in total. The fourth-order valence-corrected chi connectivity index (χ4v) is 6.17. The third kappa shape index (κ3) is 3.25. The maximum atomic E-state index is 3.74. The lowest BCUT2D eigenvalue weighted by atomic mass is 9.83. The molecule has 0 amide bonds. The molecule has 0 aromatic carbocycles. The zero-order chi connectivity index (χ0) is 13.6. The molecule has 0 saturated carbocycles. The van der Waals surface area contributed by atoms with Crippen LogP contribution in [0.2, 0.25) is 19.6 Å². The zero-order valence-electron chi connectivity index (χ0n) is 12.7. The first-order chi connectivity index (χ1) is 8.10. The Morgan fingerprint density at radius 1 is 1.22 bits per heavy atom. The van der Waals surface area contributed by atoms with Gasteiger partial charge in [0.1, 0.15) is 0 Å². The smallest absolute Gasteiger partial charge is 0.0904 e. The van der Waals surface area contributed by atoms with Crippen LogP contribution < -0.4 is 9.82 Å². The summed E-state index contributed by atoms with van der Waals surface area (Å²) in [6, 6.07) is 4.73. The Kier molecular flexibility index (Phi) is 3.54. The zero-order valence-corrected chi connectivity index (χ0v) is 14.5. The summed E-state index contributed by atoms with van der Waals surface area (Å²) in [5.41, 5.74) is 0.749. The van der Waals surface area contributed by atoms with Gasteiger partial charge in [0.2, 0.25) is 0 Å². The molecule has 3 heteroatoms. The first-order valence-electron chi connectivity index (χ1n) is 6.94. The lowest BCUT2D eigenvalue weighted by Crippen LogP contribution is -2.38. The van der Waals surface area contributed by atoms with Gasteiger partial charge in [-0.2, -0.15) is 11.3 Å². The van der Waals surface area contributed by atoms with Gasteiger partial charge in [-0.15, -0.1) is 0 Å². The summed E-state index contributed by atoms with van der Waals surface area (Å²) in [5.74, 6) is 0. The van der Waals surface area contributed by atoms with E-state index in [2.05, 4.69) is 57.9 Å². The van der Waals surface area contributed by atoms with Gasteiger partial charge >= 0.3 is 0 Å². The first kappa shape index (κ1) is 14.3. The average Bonchev–Trinajstić information content (AvgIpc) is 2.71. The lowest BCUT2D eigenvalue weighted by Gasteiger charge is -2.25. The molecule has 1 aliphatic rings. The third-order valence-electron chi connectivity index (χ3n) is 3.83. The van der Waals surface area contributed by atoms with Crippen LogP contribution in [0.3, 0.4) is 0 Å². The highest BCUT2D eigenvalue weighted by atomic mass is 32.1. The average molecular weight is 282 g/mol. The maximum absolute atomic E-state index is 3.74. The van der Waals surface area contributed by atoms with Crippen molar-refractivity contribution >= 4 is 23.9 Å². The van der Waals surface area contributed by atoms with Crippen molar-refractivity contribution in [2.24, 2.45) is 5.41 Å². The van der Waals surface area contributed by atoms with E-state index < -0.39 is 8.07 Å². The van der Waals surface area contributed by atoms with Crippen molar-refractivity contribution in [2.75, 3.05) is 6.54 Å². The second-order valence-electron chi connectivity index (χ2n) is 7.95. The van der Waals surface area contributed by atoms with E-state index in [-0.39, 0.29) is 0 Å². The standard InChI is InChI=1S/C15H27NSSi/c1-14(2)10-15(3,16-11-14)9-12-7-8-13(17-12)18(4,5)6/h7-8,16H,9-11H2,1-6H3/t15-/m1/s1. The highest BCUT2D eigenvalue weighted by molar-refractivity contribution is 7.26. The molecule has 1 aromatic rings. The first-order valence-corrected chi connectivity index (χ1v) is 11.3. The molecule has 1 aliphatic heterocycles. The summed E-state index contributed by atoms with van der Waals surface area (Å²) in [6.45, 7) is 15.6. The molecule has 1 N–H and O–H groups in total. The van der Waals surface area contributed by atoms with Crippen LogP contribution in [0, 0.1) is 5.41 Å². The van der Waals surface area contributed by atoms with Gasteiger partial charge in [0.15, 0.2) is 0 Å². The number of hydrogen-bond acceptors (Lipinski definition) is 2. The van der Waals surface area contributed by atoms with E-state index in [1.54, 1.807) is 9.38 Å². The second-order valence-corrected chi connectivity index (χ2v) is 14.5. The minimum Gasteiger partial charge on any atom is -0.311 e. The second kappa shape index (κ2) is 4.46. The summed E-state index contributed by atoms with van der Waals surface area (Å²) in [6.07, 6.45) is 2.46. The van der Waals surface area contributed by atoms with Crippen molar-refractivity contribution in [2.45, 2.75) is 58.8 Å². The van der Waals surface area contributed by atoms with E-state index in [0.29, 0.717) is 11.0 Å². The quantitative estimate of drug-likeness (QED) is 0.835. The van der Waals surface area contributed by atoms with Gasteiger partial charge in [-0.3, -0.25) is 0 Å². The number of nitrogens with one attached hydrogen (secondary N) is 1. The molecule has 1 atom stereocenters. The van der Waals surface area contributed by atoms with E-state index in [1.807, 2.05) is 11.3 Å². The summed E-state index contributed by atoms with van der Waals surface area (Å²) in [7, 11) is -1.12. The van der Waals surface area contributed by atoms with Crippen molar-refractivity contribution in [3.63, 3.8) is 0 Å². The van der Waals surface area contributed by atoms with Crippen molar-refractivity contribution < 1.29 is 0 Å². The molecular formula is C15H27NSSi. The fraction of sp³-hybridized carbons (Fsp3) is 0.733. The van der Waals surface area contributed by atoms with Gasteiger partial charge in [-0.05, 0) is 35.7 Å². The van der Waals surface area contributed by atoms with E-state index in [1.165, 1.54) is 12.8 Å². The van der Waals surface area contributed by atoms with E-state index in [0.717, 1.165) is 6.54 Å². The van der Waals surface area contributed by atoms with Crippen molar-refractivity contribution in [3.8, 4) is 0 Å². The summed E-state index contributed by atoms with van der Waals surface area (Å²) in [4.78, 5) is 1.56. The van der Waals surface area contributed by atoms with Crippen molar-refractivity contribution in [1.29, 1.82) is 0 Å². The van der Waals surface area contributed by atoms with Gasteiger partial charge in [-0.25, -0.2) is 0 Å². The van der Waals surface area contributed by atoms with Crippen LogP contribution in [0.1, 0.15) is 32.1 Å². The molecule has 0 unspecified atom stereocenters. The molecule has 102 valence electrons. The monoisotopic (exact) mass is 281 g/mol. The predicted molar refractivity (Wildman–Crippen MR) is 85.8 cm³/mol. The molecule has 2 rings (SSSR count). The molecule has 0 radical (unpaired) electrons. The molecule has 18 heavy (non-hydrogen) atoms. The van der Waals surface area contributed by atoms with Crippen LogP contribution in [0.15, 0.2) is 12.1 Å². The summed E-state index contributed by atoms with van der Waals surface area (Å²) in [5, 5.41) is 3.74. The van der Waals surface area contributed by atoms with Gasteiger partial charge in [0.25, 0.3) is 0 Å². The van der Waals surface area contributed by atoms with Crippen LogP contribution in [-0.4, -0.2) is 20.2 Å². The highest BCUT2D eigenvalue weighted by Gasteiger charge is 2.39. The minimum absolute atomic E-state index is 0.297. The fourth-order valence-electron chi connectivity index (χ4n) is 3.02. The van der Waals surface area contributed by atoms with E-state index in [9.17, 15) is 0 Å². The van der Waals surface area contributed by atoms with Gasteiger partial charge < -0.3 is 5.32 Å². The van der Waals surface area contributed by atoms with Crippen molar-refractivity contribution in [3.05, 3.63) is 17.0 Å². The maximum Gasteiger partial charge on any atom is 0.0904 e. The Balaban J connectivity index is 2.09. The van der Waals surface area contributed by atoms with Gasteiger partial charge in [-0.1, -0.05) is 39.6 Å². The molecule has 2 heterocycles. The number of thiophene rings is 1. The normalized spacial score (nSPS) is 27.7. The number of rotatable bonds is 3. The number of hydrogen-bond donors (Lipinski definition) is 1. The predicted octanol–water partition coefficient (Wildman–Crippen LogP) is 3.61. The molecule has 0 aliphatic carbocycles. The largest absolute Gasteiger partial charge is 0.311 e. The molecule has 1 fully saturated rings. The van der Waals surface area contributed by atoms with Crippen LogP contribution in [0.25, 0.3) is 0 Å². The molecular weight excluding hydrogens is 254 g/mol. The van der Waals surface area contributed by atoms with Crippen LogP contribution in [-0.2, 0) is 6.42 Å². The van der Waals surface area contributed by atoms with Gasteiger partial charge in [0, 0.05) is 17.0 Å². The lowest BCUT2D eigenvalue weighted by molar-refractivity contribution is 0.350. The Morgan fingerprint density at radius 2 is 1.89 bits per heavy atom. The Hall–Kier alpha value is -0.123. The third-order valence-corrected chi connectivity index (χ3v) is 8.51.